The Morgan fingerprint density at radius 2 is 0.860 bits per heavy atom. The standard InChI is InChI=1S/C48H31NO/c1-3-13-32(14-4-1)35-29-36(33-15-5-2-6-16-33)31-37(30-35)34-23-25-38(26-24-34)49-45-21-11-9-19-41(45)43-27-28-44-40-18-8-7-17-39(40)42-20-10-12-22-46(42)50-48(44)47(43)49/h1-31H. The first-order chi connectivity index (χ1) is 24.8. The number of nitrogens with zero attached hydrogens (tertiary/aromatic N) is 1. The highest BCUT2D eigenvalue weighted by atomic mass is 16.5. The lowest BCUT2D eigenvalue weighted by molar-refractivity contribution is 0.491. The van der Waals surface area contributed by atoms with E-state index in [0.717, 1.165) is 39.3 Å². The maximum Gasteiger partial charge on any atom is 0.159 e. The van der Waals surface area contributed by atoms with Gasteiger partial charge in [-0.1, -0.05) is 140 Å². The molecule has 0 amide bonds. The molecule has 2 heteroatoms. The van der Waals surface area contributed by atoms with Crippen LogP contribution in [0.1, 0.15) is 0 Å². The van der Waals surface area contributed by atoms with Crippen LogP contribution in [0.5, 0.6) is 11.5 Å². The summed E-state index contributed by atoms with van der Waals surface area (Å²) in [6.07, 6.45) is 0. The maximum atomic E-state index is 6.97. The second-order valence-electron chi connectivity index (χ2n) is 12.9. The third-order valence-electron chi connectivity index (χ3n) is 10.0. The predicted octanol–water partition coefficient (Wildman–Crippen LogP) is 13.2. The number of hydrogen-bond donors (Lipinski definition) is 0. The molecule has 234 valence electrons. The number of hydrogen-bond acceptors (Lipinski definition) is 1. The second-order valence-corrected chi connectivity index (χ2v) is 12.9. The molecule has 0 fully saturated rings. The number of ether oxygens (including phenoxy) is 1. The molecule has 0 bridgehead atoms. The van der Waals surface area contributed by atoms with Crippen LogP contribution in [0.4, 0.5) is 0 Å². The van der Waals surface area contributed by atoms with Crippen molar-refractivity contribution in [2.75, 3.05) is 0 Å². The van der Waals surface area contributed by atoms with Gasteiger partial charge in [0.2, 0.25) is 0 Å². The van der Waals surface area contributed by atoms with Crippen molar-refractivity contribution in [2.24, 2.45) is 0 Å². The lowest BCUT2D eigenvalue weighted by Crippen LogP contribution is -1.97. The lowest BCUT2D eigenvalue weighted by Gasteiger charge is -2.15. The van der Waals surface area contributed by atoms with Crippen LogP contribution in [0.15, 0.2) is 188 Å². The lowest BCUT2D eigenvalue weighted by atomic mass is 9.93. The minimum atomic E-state index is 0.867. The van der Waals surface area contributed by atoms with Gasteiger partial charge in [-0.2, -0.15) is 0 Å². The van der Waals surface area contributed by atoms with E-state index in [2.05, 4.69) is 193 Å². The van der Waals surface area contributed by atoms with Gasteiger partial charge in [0.1, 0.15) is 5.75 Å². The monoisotopic (exact) mass is 637 g/mol. The van der Waals surface area contributed by atoms with Gasteiger partial charge >= 0.3 is 0 Å². The summed E-state index contributed by atoms with van der Waals surface area (Å²) in [7, 11) is 0. The largest absolute Gasteiger partial charge is 0.454 e. The Labute approximate surface area is 291 Å². The Kier molecular flexibility index (Phi) is 6.53. The van der Waals surface area contributed by atoms with Gasteiger partial charge in [0, 0.05) is 27.6 Å². The Hall–Kier alpha value is -6.64. The first kappa shape index (κ1) is 28.4. The van der Waals surface area contributed by atoms with Gasteiger partial charge in [0.25, 0.3) is 0 Å². The molecule has 2 nitrogen and oxygen atoms in total. The van der Waals surface area contributed by atoms with Crippen LogP contribution in [0.25, 0.3) is 83.1 Å². The Morgan fingerprint density at radius 1 is 0.340 bits per heavy atom. The molecule has 1 aliphatic heterocycles. The smallest absolute Gasteiger partial charge is 0.159 e. The number of para-hydroxylation sites is 2. The minimum Gasteiger partial charge on any atom is -0.454 e. The zero-order valence-corrected chi connectivity index (χ0v) is 27.3. The summed E-state index contributed by atoms with van der Waals surface area (Å²) in [6.45, 7) is 0. The molecule has 0 saturated carbocycles. The average molecular weight is 638 g/mol. The molecule has 0 saturated heterocycles. The van der Waals surface area contributed by atoms with Gasteiger partial charge < -0.3 is 9.30 Å². The number of fused-ring (bicyclic) bond motifs is 9. The Bertz CT molecular complexity index is 2650. The summed E-state index contributed by atoms with van der Waals surface area (Å²) in [4.78, 5) is 0. The van der Waals surface area contributed by atoms with Crippen LogP contribution >= 0.6 is 0 Å². The van der Waals surface area contributed by atoms with Crippen LogP contribution in [0.2, 0.25) is 0 Å². The molecule has 50 heavy (non-hydrogen) atoms. The van der Waals surface area contributed by atoms with E-state index >= 15 is 0 Å². The third-order valence-corrected chi connectivity index (χ3v) is 10.0. The van der Waals surface area contributed by atoms with Crippen molar-refractivity contribution in [1.82, 2.24) is 4.57 Å². The average Bonchev–Trinajstić information content (AvgIpc) is 3.46. The van der Waals surface area contributed by atoms with Crippen molar-refractivity contribution in [3.63, 3.8) is 0 Å². The molecule has 1 aromatic heterocycles. The van der Waals surface area contributed by atoms with Crippen LogP contribution in [-0.4, -0.2) is 4.57 Å². The van der Waals surface area contributed by atoms with Crippen molar-refractivity contribution >= 4 is 21.8 Å². The van der Waals surface area contributed by atoms with E-state index in [9.17, 15) is 0 Å². The van der Waals surface area contributed by atoms with Gasteiger partial charge in [0.05, 0.1) is 11.0 Å². The van der Waals surface area contributed by atoms with E-state index in [0.29, 0.717) is 0 Å². The minimum absolute atomic E-state index is 0.867. The summed E-state index contributed by atoms with van der Waals surface area (Å²) in [5, 5.41) is 2.37. The summed E-state index contributed by atoms with van der Waals surface area (Å²) >= 11 is 0. The van der Waals surface area contributed by atoms with Crippen LogP contribution < -0.4 is 4.74 Å². The van der Waals surface area contributed by atoms with Gasteiger partial charge in [-0.3, -0.25) is 0 Å². The van der Waals surface area contributed by atoms with Crippen molar-refractivity contribution in [2.45, 2.75) is 0 Å². The number of rotatable bonds is 4. The number of aromatic nitrogens is 1. The predicted molar refractivity (Wildman–Crippen MR) is 208 cm³/mol. The molecule has 0 radical (unpaired) electrons. The fraction of sp³-hybridized carbons (Fsp3) is 0. The molecule has 8 aromatic carbocycles. The summed E-state index contributed by atoms with van der Waals surface area (Å²) in [5.41, 5.74) is 15.0. The Balaban J connectivity index is 1.17. The second kappa shape index (κ2) is 11.5. The quantitative estimate of drug-likeness (QED) is 0.187. The zero-order valence-electron chi connectivity index (χ0n) is 27.3. The molecule has 9 aromatic rings. The van der Waals surface area contributed by atoms with Crippen molar-refractivity contribution in [1.29, 1.82) is 0 Å². The first-order valence-electron chi connectivity index (χ1n) is 17.1. The molecule has 2 heterocycles. The van der Waals surface area contributed by atoms with E-state index in [1.54, 1.807) is 0 Å². The van der Waals surface area contributed by atoms with E-state index < -0.39 is 0 Å². The molecule has 0 spiro atoms. The van der Waals surface area contributed by atoms with Crippen LogP contribution in [0, 0.1) is 0 Å². The fourth-order valence-electron chi connectivity index (χ4n) is 7.64. The third kappa shape index (κ3) is 4.57. The maximum absolute atomic E-state index is 6.97. The Morgan fingerprint density at radius 3 is 1.52 bits per heavy atom. The van der Waals surface area contributed by atoms with Gasteiger partial charge in [-0.25, -0.2) is 0 Å². The molecule has 0 unspecified atom stereocenters. The first-order valence-corrected chi connectivity index (χ1v) is 17.1. The molecule has 1 aliphatic rings. The number of benzene rings is 8. The van der Waals surface area contributed by atoms with E-state index in [1.165, 1.54) is 55.3 Å². The normalized spacial score (nSPS) is 11.8. The van der Waals surface area contributed by atoms with Crippen molar-refractivity contribution in [3.05, 3.63) is 188 Å². The molecule has 0 aliphatic carbocycles. The highest BCUT2D eigenvalue weighted by Gasteiger charge is 2.25. The topological polar surface area (TPSA) is 14.2 Å². The van der Waals surface area contributed by atoms with Crippen molar-refractivity contribution in [3.8, 4) is 72.8 Å². The van der Waals surface area contributed by atoms with Gasteiger partial charge in [-0.05, 0) is 93.0 Å². The molecule has 0 atom stereocenters. The summed E-state index contributed by atoms with van der Waals surface area (Å²) in [6, 6.07) is 67.3. The highest BCUT2D eigenvalue weighted by molar-refractivity contribution is 6.14. The summed E-state index contributed by atoms with van der Waals surface area (Å²) in [5.74, 6) is 1.74. The van der Waals surface area contributed by atoms with Crippen molar-refractivity contribution < 1.29 is 4.74 Å². The van der Waals surface area contributed by atoms with Gasteiger partial charge in [0.15, 0.2) is 5.75 Å². The summed E-state index contributed by atoms with van der Waals surface area (Å²) < 4.78 is 9.35. The fourth-order valence-corrected chi connectivity index (χ4v) is 7.64. The zero-order chi connectivity index (χ0) is 33.0. The van der Waals surface area contributed by atoms with Crippen LogP contribution in [-0.2, 0) is 0 Å². The van der Waals surface area contributed by atoms with Crippen LogP contribution in [0.3, 0.4) is 0 Å². The van der Waals surface area contributed by atoms with Gasteiger partial charge in [-0.15, -0.1) is 0 Å². The van der Waals surface area contributed by atoms with E-state index in [1.807, 2.05) is 0 Å². The van der Waals surface area contributed by atoms with E-state index in [4.69, 9.17) is 4.74 Å². The molecule has 0 N–H and O–H groups in total. The SMILES string of the molecule is c1ccc(-c2cc(-c3ccccc3)cc(-c3ccc(-n4c5ccccc5c5ccc6c(c54)Oc4ccccc4-c4ccccc4-6)cc3)c2)cc1. The molecular formula is C48H31NO. The molecule has 10 rings (SSSR count). The molecular weight excluding hydrogens is 607 g/mol. The highest BCUT2D eigenvalue weighted by Crippen LogP contribution is 2.51. The van der Waals surface area contributed by atoms with E-state index in [-0.39, 0.29) is 0 Å².